The number of hydrogen-bond acceptors (Lipinski definition) is 9. The first-order valence-corrected chi connectivity index (χ1v) is 12.9. The lowest BCUT2D eigenvalue weighted by Gasteiger charge is -2.25. The number of carbonyl (C=O) groups is 2. The number of nitrogens with zero attached hydrogens (tertiary/aromatic N) is 2. The lowest BCUT2D eigenvalue weighted by atomic mass is 9.95. The van der Waals surface area contributed by atoms with Crippen molar-refractivity contribution in [2.45, 2.75) is 19.9 Å². The third-order valence-corrected chi connectivity index (χ3v) is 7.22. The monoisotopic (exact) mass is 543 g/mol. The van der Waals surface area contributed by atoms with Crippen molar-refractivity contribution in [3.05, 3.63) is 109 Å². The lowest BCUT2D eigenvalue weighted by Crippen LogP contribution is -2.40. The number of thiazole rings is 1. The number of carbonyl (C=O) groups excluding carboxylic acids is 2. The number of fused-ring (bicyclic) bond motifs is 1. The van der Waals surface area contributed by atoms with Crippen LogP contribution >= 0.6 is 11.3 Å². The van der Waals surface area contributed by atoms with Crippen LogP contribution in [0.1, 0.15) is 41.6 Å². The molecule has 1 atom stereocenters. The molecule has 2 aromatic carbocycles. The zero-order chi connectivity index (χ0) is 27.7. The zero-order valence-electron chi connectivity index (χ0n) is 21.3. The second-order valence-corrected chi connectivity index (χ2v) is 9.62. The van der Waals surface area contributed by atoms with E-state index in [0.29, 0.717) is 43.4 Å². The zero-order valence-corrected chi connectivity index (χ0v) is 22.1. The van der Waals surface area contributed by atoms with E-state index < -0.39 is 18.0 Å². The summed E-state index contributed by atoms with van der Waals surface area (Å²) in [5.41, 5.74) is 1.56. The SMILES string of the molecule is CCOC(=O)C1=C(C)N=c2s/c(=C\c3ccc(-c4cccc(C(=O)[O-])c4)o3)c(=O)n2[C@@H]1c1ccccc1OC. The number of para-hydroxylation sites is 1. The summed E-state index contributed by atoms with van der Waals surface area (Å²) >= 11 is 1.17. The van der Waals surface area contributed by atoms with Crippen molar-refractivity contribution in [2.75, 3.05) is 13.7 Å². The number of aromatic carboxylic acids is 1. The Morgan fingerprint density at radius 3 is 2.69 bits per heavy atom. The van der Waals surface area contributed by atoms with Gasteiger partial charge in [0.05, 0.1) is 35.5 Å². The first kappa shape index (κ1) is 25.9. The highest BCUT2D eigenvalue weighted by Crippen LogP contribution is 2.35. The number of benzene rings is 2. The minimum atomic E-state index is -1.29. The second-order valence-electron chi connectivity index (χ2n) is 8.61. The van der Waals surface area contributed by atoms with Crippen molar-refractivity contribution in [1.29, 1.82) is 0 Å². The van der Waals surface area contributed by atoms with E-state index in [1.165, 1.54) is 35.1 Å². The van der Waals surface area contributed by atoms with E-state index in [-0.39, 0.29) is 23.3 Å². The Hall–Kier alpha value is -4.70. The van der Waals surface area contributed by atoms with E-state index in [1.807, 2.05) is 12.1 Å². The van der Waals surface area contributed by atoms with Crippen LogP contribution in [-0.2, 0) is 9.53 Å². The fourth-order valence-electron chi connectivity index (χ4n) is 4.49. The molecule has 1 aliphatic rings. The number of esters is 1. The maximum Gasteiger partial charge on any atom is 0.338 e. The fourth-order valence-corrected chi connectivity index (χ4v) is 5.52. The molecule has 9 nitrogen and oxygen atoms in total. The third-order valence-electron chi connectivity index (χ3n) is 6.23. The molecule has 3 heterocycles. The Balaban J connectivity index is 1.64. The molecule has 0 radical (unpaired) electrons. The molecule has 0 unspecified atom stereocenters. The van der Waals surface area contributed by atoms with Crippen molar-refractivity contribution in [2.24, 2.45) is 4.99 Å². The topological polar surface area (TPSA) is 123 Å². The Kier molecular flexibility index (Phi) is 7.03. The number of carboxylic acid groups (broad SMARTS) is 1. The third kappa shape index (κ3) is 4.82. The highest BCUT2D eigenvalue weighted by Gasteiger charge is 2.35. The smallest absolute Gasteiger partial charge is 0.338 e. The van der Waals surface area contributed by atoms with Gasteiger partial charge in [0, 0.05) is 17.2 Å². The van der Waals surface area contributed by atoms with Crippen molar-refractivity contribution in [3.8, 4) is 17.1 Å². The van der Waals surface area contributed by atoms with Gasteiger partial charge in [0.25, 0.3) is 5.56 Å². The summed E-state index contributed by atoms with van der Waals surface area (Å²) < 4.78 is 18.6. The molecule has 0 saturated heterocycles. The molecule has 0 spiro atoms. The quantitative estimate of drug-likeness (QED) is 0.328. The number of carboxylic acids is 1. The van der Waals surface area contributed by atoms with E-state index in [2.05, 4.69) is 4.99 Å². The van der Waals surface area contributed by atoms with Gasteiger partial charge >= 0.3 is 5.97 Å². The maximum atomic E-state index is 13.8. The van der Waals surface area contributed by atoms with Crippen molar-refractivity contribution >= 4 is 29.4 Å². The number of methoxy groups -OCH3 is 1. The normalized spacial score (nSPS) is 15.1. The highest BCUT2D eigenvalue weighted by atomic mass is 32.1. The molecule has 39 heavy (non-hydrogen) atoms. The Morgan fingerprint density at radius 2 is 1.95 bits per heavy atom. The molecule has 0 aliphatic carbocycles. The largest absolute Gasteiger partial charge is 0.545 e. The van der Waals surface area contributed by atoms with Crippen LogP contribution in [0.25, 0.3) is 17.4 Å². The minimum absolute atomic E-state index is 0.0304. The molecule has 0 saturated carbocycles. The second kappa shape index (κ2) is 10.6. The standard InChI is InChI=1S/C29H24N2O7S/c1-4-37-28(35)24-16(2)30-29-31(25(24)20-10-5-6-11-22(20)36-3)26(32)23(39-29)15-19-12-13-21(38-19)17-8-7-9-18(14-17)27(33)34/h5-15,25H,4H2,1-3H3,(H,33,34)/p-1/b23-15-/t25-/m1/s1. The number of hydrogen-bond donors (Lipinski definition) is 0. The maximum absolute atomic E-state index is 13.8. The van der Waals surface area contributed by atoms with Gasteiger partial charge in [-0.05, 0) is 43.7 Å². The fraction of sp³-hybridized carbons (Fsp3) is 0.172. The molecule has 1 aliphatic heterocycles. The van der Waals surface area contributed by atoms with Gasteiger partial charge in [0.2, 0.25) is 0 Å². The molecule has 0 amide bonds. The van der Waals surface area contributed by atoms with Gasteiger partial charge in [-0.15, -0.1) is 0 Å². The molecule has 5 rings (SSSR count). The van der Waals surface area contributed by atoms with Gasteiger partial charge in [-0.2, -0.15) is 0 Å². The number of rotatable bonds is 7. The predicted molar refractivity (Wildman–Crippen MR) is 142 cm³/mol. The molecular formula is C29H23N2O7S-. The Morgan fingerprint density at radius 1 is 1.15 bits per heavy atom. The van der Waals surface area contributed by atoms with Gasteiger partial charge < -0.3 is 23.8 Å². The molecule has 198 valence electrons. The van der Waals surface area contributed by atoms with Crippen molar-refractivity contribution in [1.82, 2.24) is 4.57 Å². The number of allylic oxidation sites excluding steroid dienone is 1. The van der Waals surface area contributed by atoms with Crippen molar-refractivity contribution in [3.63, 3.8) is 0 Å². The van der Waals surface area contributed by atoms with E-state index >= 15 is 0 Å². The van der Waals surface area contributed by atoms with Gasteiger partial charge in [0.15, 0.2) is 4.80 Å². The molecule has 0 bridgehead atoms. The van der Waals surface area contributed by atoms with Gasteiger partial charge in [0.1, 0.15) is 23.3 Å². The van der Waals surface area contributed by atoms with Crippen LogP contribution < -0.4 is 24.7 Å². The highest BCUT2D eigenvalue weighted by molar-refractivity contribution is 7.07. The summed E-state index contributed by atoms with van der Waals surface area (Å²) in [5, 5.41) is 11.2. The number of aromatic nitrogens is 1. The van der Waals surface area contributed by atoms with Gasteiger partial charge in [-0.3, -0.25) is 9.36 Å². The summed E-state index contributed by atoms with van der Waals surface area (Å²) in [6, 6.07) is 16.0. The van der Waals surface area contributed by atoms with Crippen LogP contribution in [0.5, 0.6) is 5.75 Å². The summed E-state index contributed by atoms with van der Waals surface area (Å²) in [6.07, 6.45) is 1.60. The van der Waals surface area contributed by atoms with E-state index in [4.69, 9.17) is 13.9 Å². The average molecular weight is 544 g/mol. The number of ether oxygens (including phenoxy) is 2. The first-order valence-electron chi connectivity index (χ1n) is 12.1. The molecule has 0 N–H and O–H groups in total. The summed E-state index contributed by atoms with van der Waals surface area (Å²) in [6.45, 7) is 3.60. The summed E-state index contributed by atoms with van der Waals surface area (Å²) in [7, 11) is 1.53. The molecule has 0 fully saturated rings. The van der Waals surface area contributed by atoms with Crippen LogP contribution in [0.15, 0.2) is 86.1 Å². The molecule has 10 heteroatoms. The van der Waals surface area contributed by atoms with E-state index in [0.717, 1.165) is 0 Å². The Bertz CT molecular complexity index is 1810. The molecular weight excluding hydrogens is 520 g/mol. The van der Waals surface area contributed by atoms with Crippen LogP contribution in [0.2, 0.25) is 0 Å². The van der Waals surface area contributed by atoms with E-state index in [9.17, 15) is 19.5 Å². The summed E-state index contributed by atoms with van der Waals surface area (Å²) in [4.78, 5) is 43.1. The predicted octanol–water partition coefficient (Wildman–Crippen LogP) is 2.43. The number of furan rings is 1. The van der Waals surface area contributed by atoms with Crippen LogP contribution in [0, 0.1) is 0 Å². The first-order chi connectivity index (χ1) is 18.8. The van der Waals surface area contributed by atoms with Crippen molar-refractivity contribution < 1.29 is 28.6 Å². The summed E-state index contributed by atoms with van der Waals surface area (Å²) in [5.74, 6) is -0.498. The van der Waals surface area contributed by atoms with Crippen LogP contribution in [0.3, 0.4) is 0 Å². The van der Waals surface area contributed by atoms with Gasteiger partial charge in [-0.1, -0.05) is 47.7 Å². The van der Waals surface area contributed by atoms with Gasteiger partial charge in [-0.25, -0.2) is 9.79 Å². The lowest BCUT2D eigenvalue weighted by molar-refractivity contribution is -0.255. The van der Waals surface area contributed by atoms with Crippen LogP contribution in [0.4, 0.5) is 0 Å². The van der Waals surface area contributed by atoms with Crippen LogP contribution in [-0.4, -0.2) is 30.2 Å². The average Bonchev–Trinajstić information content (AvgIpc) is 3.52. The Labute approximate surface area is 226 Å². The molecule has 2 aromatic heterocycles. The molecule has 4 aromatic rings. The van der Waals surface area contributed by atoms with E-state index in [1.54, 1.807) is 56.3 Å². The minimum Gasteiger partial charge on any atom is -0.545 e.